The van der Waals surface area contributed by atoms with Crippen molar-refractivity contribution in [2.24, 2.45) is 0 Å². The van der Waals surface area contributed by atoms with E-state index >= 15 is 0 Å². The quantitative estimate of drug-likeness (QED) is 0.650. The lowest BCUT2D eigenvalue weighted by molar-refractivity contribution is 0.740. The van der Waals surface area contributed by atoms with E-state index < -0.39 is 0 Å². The Hall–Kier alpha value is -1.30. The van der Waals surface area contributed by atoms with Crippen LogP contribution < -0.4 is 0 Å². The second-order valence-electron chi connectivity index (χ2n) is 3.88. The molecule has 14 heavy (non-hydrogen) atoms. The first kappa shape index (κ1) is 9.26. The van der Waals surface area contributed by atoms with Crippen LogP contribution in [-0.4, -0.2) is 0 Å². The molecule has 0 saturated heterocycles. The van der Waals surface area contributed by atoms with Crippen molar-refractivity contribution in [1.29, 1.82) is 0 Å². The Morgan fingerprint density at radius 1 is 1.00 bits per heavy atom. The third-order valence-electron chi connectivity index (χ3n) is 2.97. The molecular formula is C14H16. The predicted molar refractivity (Wildman–Crippen MR) is 62.7 cm³/mol. The summed E-state index contributed by atoms with van der Waals surface area (Å²) in [6.45, 7) is 4.54. The molecule has 0 fully saturated rings. The van der Waals surface area contributed by atoms with E-state index in [0.717, 1.165) is 0 Å². The first-order chi connectivity index (χ1) is 6.83. The summed E-state index contributed by atoms with van der Waals surface area (Å²) in [5, 5.41) is 2.76. The van der Waals surface area contributed by atoms with Gasteiger partial charge < -0.3 is 0 Å². The number of benzene rings is 2. The Morgan fingerprint density at radius 3 is 2.50 bits per heavy atom. The molecule has 2 rings (SSSR count). The Balaban J connectivity index is 2.65. The van der Waals surface area contributed by atoms with Crippen molar-refractivity contribution in [3.8, 4) is 0 Å². The van der Waals surface area contributed by atoms with E-state index in [9.17, 15) is 0 Å². The van der Waals surface area contributed by atoms with E-state index in [2.05, 4.69) is 56.3 Å². The fourth-order valence-corrected chi connectivity index (χ4v) is 1.90. The Morgan fingerprint density at radius 2 is 1.71 bits per heavy atom. The minimum Gasteiger partial charge on any atom is -0.0648 e. The van der Waals surface area contributed by atoms with Crippen molar-refractivity contribution in [3.63, 3.8) is 0 Å². The maximum Gasteiger partial charge on any atom is -0.0149 e. The first-order valence-corrected chi connectivity index (χ1v) is 5.30. The maximum atomic E-state index is 2.29. The molecule has 0 aliphatic rings. The summed E-state index contributed by atoms with van der Waals surface area (Å²) in [6, 6.07) is 15.2. The molecule has 0 spiro atoms. The molecule has 0 aliphatic carbocycles. The van der Waals surface area contributed by atoms with Crippen LogP contribution in [0.4, 0.5) is 0 Å². The van der Waals surface area contributed by atoms with Gasteiger partial charge in [-0.05, 0) is 28.7 Å². The van der Waals surface area contributed by atoms with E-state index in [4.69, 9.17) is 0 Å². The highest BCUT2D eigenvalue weighted by Gasteiger charge is 2.05. The molecule has 0 heterocycles. The third kappa shape index (κ3) is 1.52. The largest absolute Gasteiger partial charge is 0.0648 e. The van der Waals surface area contributed by atoms with Gasteiger partial charge in [0.05, 0.1) is 0 Å². The maximum absolute atomic E-state index is 2.29. The van der Waals surface area contributed by atoms with Crippen LogP contribution in [0.25, 0.3) is 10.8 Å². The van der Waals surface area contributed by atoms with Crippen LogP contribution in [0.1, 0.15) is 31.7 Å². The zero-order valence-electron chi connectivity index (χ0n) is 8.83. The minimum atomic E-state index is 0.654. The van der Waals surface area contributed by atoms with Crippen molar-refractivity contribution >= 4 is 10.8 Å². The topological polar surface area (TPSA) is 0 Å². The lowest BCUT2D eigenvalue weighted by Gasteiger charge is -2.12. The Kier molecular flexibility index (Phi) is 2.53. The smallest absolute Gasteiger partial charge is 0.0149 e. The van der Waals surface area contributed by atoms with E-state index in [1.165, 1.54) is 22.8 Å². The zero-order valence-corrected chi connectivity index (χ0v) is 8.83. The van der Waals surface area contributed by atoms with Crippen LogP contribution in [-0.2, 0) is 0 Å². The monoisotopic (exact) mass is 184 g/mol. The standard InChI is InChI=1S/C14H16/c1-3-11(2)13-10-6-8-12-7-4-5-9-14(12)13/h4-11H,3H2,1-2H3. The molecule has 0 aromatic heterocycles. The second kappa shape index (κ2) is 3.83. The number of hydrogen-bond donors (Lipinski definition) is 0. The highest BCUT2D eigenvalue weighted by Crippen LogP contribution is 2.26. The molecule has 0 bridgehead atoms. The van der Waals surface area contributed by atoms with Crippen molar-refractivity contribution in [2.75, 3.05) is 0 Å². The summed E-state index contributed by atoms with van der Waals surface area (Å²) < 4.78 is 0. The van der Waals surface area contributed by atoms with Crippen LogP contribution in [0.2, 0.25) is 0 Å². The molecule has 1 unspecified atom stereocenters. The minimum absolute atomic E-state index is 0.654. The normalized spacial score (nSPS) is 13.0. The van der Waals surface area contributed by atoms with Crippen molar-refractivity contribution in [3.05, 3.63) is 48.0 Å². The molecule has 0 N–H and O–H groups in total. The number of hydrogen-bond acceptors (Lipinski definition) is 0. The average Bonchev–Trinajstić information content (AvgIpc) is 2.27. The fraction of sp³-hybridized carbons (Fsp3) is 0.286. The Labute approximate surface area is 85.6 Å². The molecule has 2 aromatic rings. The fourth-order valence-electron chi connectivity index (χ4n) is 1.90. The van der Waals surface area contributed by atoms with Gasteiger partial charge >= 0.3 is 0 Å². The summed E-state index contributed by atoms with van der Waals surface area (Å²) in [5.41, 5.74) is 1.48. The molecule has 0 radical (unpaired) electrons. The molecule has 0 nitrogen and oxygen atoms in total. The summed E-state index contributed by atoms with van der Waals surface area (Å²) in [6.07, 6.45) is 1.20. The first-order valence-electron chi connectivity index (χ1n) is 5.30. The molecule has 0 saturated carbocycles. The van der Waals surface area contributed by atoms with Crippen molar-refractivity contribution in [2.45, 2.75) is 26.2 Å². The van der Waals surface area contributed by atoms with Gasteiger partial charge in [-0.15, -0.1) is 0 Å². The summed E-state index contributed by atoms with van der Waals surface area (Å²) in [7, 11) is 0. The second-order valence-corrected chi connectivity index (χ2v) is 3.88. The van der Waals surface area contributed by atoms with Crippen LogP contribution >= 0.6 is 0 Å². The predicted octanol–water partition coefficient (Wildman–Crippen LogP) is 4.35. The highest BCUT2D eigenvalue weighted by atomic mass is 14.1. The molecule has 2 aromatic carbocycles. The molecule has 0 heteroatoms. The highest BCUT2D eigenvalue weighted by molar-refractivity contribution is 5.86. The summed E-state index contributed by atoms with van der Waals surface area (Å²) in [5.74, 6) is 0.654. The average molecular weight is 184 g/mol. The van der Waals surface area contributed by atoms with Crippen LogP contribution in [0.15, 0.2) is 42.5 Å². The number of fused-ring (bicyclic) bond motifs is 1. The van der Waals surface area contributed by atoms with Gasteiger partial charge in [0.2, 0.25) is 0 Å². The third-order valence-corrected chi connectivity index (χ3v) is 2.97. The van der Waals surface area contributed by atoms with Crippen molar-refractivity contribution < 1.29 is 0 Å². The van der Waals surface area contributed by atoms with E-state index in [1.54, 1.807) is 0 Å². The Bertz CT molecular complexity index is 423. The molecular weight excluding hydrogens is 168 g/mol. The van der Waals surface area contributed by atoms with Gasteiger partial charge in [0.1, 0.15) is 0 Å². The van der Waals surface area contributed by atoms with Gasteiger partial charge in [-0.3, -0.25) is 0 Å². The summed E-state index contributed by atoms with van der Waals surface area (Å²) in [4.78, 5) is 0. The van der Waals surface area contributed by atoms with Gasteiger partial charge in [0.25, 0.3) is 0 Å². The zero-order chi connectivity index (χ0) is 9.97. The lowest BCUT2D eigenvalue weighted by Crippen LogP contribution is -1.92. The van der Waals surface area contributed by atoms with Crippen LogP contribution in [0.3, 0.4) is 0 Å². The van der Waals surface area contributed by atoms with Crippen LogP contribution in [0, 0.1) is 0 Å². The van der Waals surface area contributed by atoms with Gasteiger partial charge in [0, 0.05) is 0 Å². The van der Waals surface area contributed by atoms with Gasteiger partial charge in [-0.1, -0.05) is 56.3 Å². The molecule has 1 atom stereocenters. The van der Waals surface area contributed by atoms with E-state index in [0.29, 0.717) is 5.92 Å². The SMILES string of the molecule is CCC(C)c1cccc2ccccc12. The van der Waals surface area contributed by atoms with Gasteiger partial charge in [-0.25, -0.2) is 0 Å². The molecule has 72 valence electrons. The molecule has 0 amide bonds. The number of rotatable bonds is 2. The van der Waals surface area contributed by atoms with E-state index in [1.807, 2.05) is 0 Å². The molecule has 0 aliphatic heterocycles. The van der Waals surface area contributed by atoms with Crippen LogP contribution in [0.5, 0.6) is 0 Å². The van der Waals surface area contributed by atoms with Crippen molar-refractivity contribution in [1.82, 2.24) is 0 Å². The summed E-state index contributed by atoms with van der Waals surface area (Å²) >= 11 is 0. The van der Waals surface area contributed by atoms with Gasteiger partial charge in [0.15, 0.2) is 0 Å². The lowest BCUT2D eigenvalue weighted by atomic mass is 9.93. The van der Waals surface area contributed by atoms with E-state index in [-0.39, 0.29) is 0 Å². The van der Waals surface area contributed by atoms with Gasteiger partial charge in [-0.2, -0.15) is 0 Å².